The van der Waals surface area contributed by atoms with Gasteiger partial charge < -0.3 is 19.4 Å². The minimum atomic E-state index is -0.757. The fourth-order valence-corrected chi connectivity index (χ4v) is 11.5. The van der Waals surface area contributed by atoms with E-state index in [-0.39, 0.29) is 0 Å². The second kappa shape index (κ2) is 14.6. The molecule has 0 N–H and O–H groups in total. The van der Waals surface area contributed by atoms with Gasteiger partial charge in [0, 0.05) is 33.5 Å². The van der Waals surface area contributed by atoms with E-state index in [1.807, 2.05) is 0 Å². The van der Waals surface area contributed by atoms with E-state index in [0.717, 1.165) is 62.7 Å². The second-order valence-corrected chi connectivity index (χ2v) is 17.6. The molecule has 14 rings (SSSR count). The van der Waals surface area contributed by atoms with E-state index < -0.39 is 5.41 Å². The highest BCUT2D eigenvalue weighted by molar-refractivity contribution is 6.04. The van der Waals surface area contributed by atoms with Gasteiger partial charge in [-0.3, -0.25) is 0 Å². The van der Waals surface area contributed by atoms with Gasteiger partial charge in [0.1, 0.15) is 0 Å². The lowest BCUT2D eigenvalue weighted by molar-refractivity contribution is 0.473. The van der Waals surface area contributed by atoms with E-state index in [1.165, 1.54) is 54.9 Å². The van der Waals surface area contributed by atoms with Gasteiger partial charge in [0.15, 0.2) is 11.5 Å². The van der Waals surface area contributed by atoms with Gasteiger partial charge in [0.05, 0.1) is 33.9 Å². The molecule has 0 saturated heterocycles. The lowest BCUT2D eigenvalue weighted by atomic mass is 9.64. The van der Waals surface area contributed by atoms with Crippen molar-refractivity contribution < 1.29 is 4.74 Å². The molecule has 0 amide bonds. The highest BCUT2D eigenvalue weighted by Crippen LogP contribution is 2.67. The number of rotatable bonds is 6. The summed E-state index contributed by atoms with van der Waals surface area (Å²) in [6, 6.07) is 90.7. The molecule has 11 aromatic carbocycles. The molecule has 0 atom stereocenters. The molecule has 3 aliphatic rings. The van der Waals surface area contributed by atoms with Crippen LogP contribution in [0.1, 0.15) is 22.3 Å². The molecule has 314 valence electrons. The van der Waals surface area contributed by atoms with Crippen molar-refractivity contribution in [3.63, 3.8) is 0 Å². The van der Waals surface area contributed by atoms with Crippen molar-refractivity contribution in [1.82, 2.24) is 0 Å². The molecular formula is C63H41N3O. The summed E-state index contributed by atoms with van der Waals surface area (Å²) in [5.41, 5.74) is 16.4. The first-order valence-corrected chi connectivity index (χ1v) is 23.0. The van der Waals surface area contributed by atoms with Crippen LogP contribution in [0.15, 0.2) is 249 Å². The van der Waals surface area contributed by atoms with Gasteiger partial charge in [0.2, 0.25) is 0 Å². The van der Waals surface area contributed by atoms with Gasteiger partial charge in [-0.15, -0.1) is 0 Å². The zero-order chi connectivity index (χ0) is 44.1. The Kier molecular flexibility index (Phi) is 8.16. The Bertz CT molecular complexity index is 3590. The second-order valence-electron chi connectivity index (χ2n) is 17.6. The number of hydrogen-bond acceptors (Lipinski definition) is 4. The Morgan fingerprint density at radius 3 is 1.40 bits per heavy atom. The van der Waals surface area contributed by atoms with Crippen molar-refractivity contribution in [2.24, 2.45) is 0 Å². The van der Waals surface area contributed by atoms with Crippen LogP contribution < -0.4 is 19.4 Å². The van der Waals surface area contributed by atoms with Crippen LogP contribution in [0.25, 0.3) is 32.7 Å². The summed E-state index contributed by atoms with van der Waals surface area (Å²) in [5, 5.41) is 4.78. The zero-order valence-electron chi connectivity index (χ0n) is 36.4. The first-order chi connectivity index (χ1) is 33.3. The summed E-state index contributed by atoms with van der Waals surface area (Å²) in [6.07, 6.45) is 0. The molecule has 2 aliphatic heterocycles. The highest BCUT2D eigenvalue weighted by Gasteiger charge is 2.54. The fraction of sp³-hybridized carbons (Fsp3) is 0.0159. The van der Waals surface area contributed by atoms with Gasteiger partial charge >= 0.3 is 0 Å². The summed E-state index contributed by atoms with van der Waals surface area (Å²) in [4.78, 5) is 7.31. The topological polar surface area (TPSA) is 19.0 Å². The number of ether oxygens (including phenoxy) is 1. The van der Waals surface area contributed by atoms with Crippen LogP contribution in [0.3, 0.4) is 0 Å². The third kappa shape index (κ3) is 5.41. The first kappa shape index (κ1) is 37.5. The molecule has 0 fully saturated rings. The molecule has 11 aromatic rings. The summed E-state index contributed by atoms with van der Waals surface area (Å²) in [6.45, 7) is 0. The Balaban J connectivity index is 1.09. The average Bonchev–Trinajstić information content (AvgIpc) is 3.67. The smallest absolute Gasteiger partial charge is 0.151 e. The first-order valence-electron chi connectivity index (χ1n) is 23.0. The van der Waals surface area contributed by atoms with Crippen molar-refractivity contribution in [3.8, 4) is 22.6 Å². The number of benzene rings is 11. The normalized spacial score (nSPS) is 13.3. The van der Waals surface area contributed by atoms with Gasteiger partial charge in [0.25, 0.3) is 0 Å². The largest absolute Gasteiger partial charge is 0.453 e. The van der Waals surface area contributed by atoms with Crippen molar-refractivity contribution >= 4 is 72.7 Å². The summed E-state index contributed by atoms with van der Waals surface area (Å²) < 4.78 is 6.90. The van der Waals surface area contributed by atoms with E-state index in [9.17, 15) is 0 Å². The van der Waals surface area contributed by atoms with E-state index in [0.29, 0.717) is 0 Å². The number of fused-ring (bicyclic) bond motifs is 13. The predicted octanol–water partition coefficient (Wildman–Crippen LogP) is 17.2. The van der Waals surface area contributed by atoms with Gasteiger partial charge in [-0.05, 0) is 129 Å². The van der Waals surface area contributed by atoms with E-state index in [1.54, 1.807) is 0 Å². The highest BCUT2D eigenvalue weighted by atomic mass is 16.5. The summed E-state index contributed by atoms with van der Waals surface area (Å²) in [7, 11) is 0. The Labute approximate surface area is 389 Å². The van der Waals surface area contributed by atoms with Crippen molar-refractivity contribution in [2.45, 2.75) is 5.41 Å². The molecule has 0 saturated carbocycles. The van der Waals surface area contributed by atoms with Crippen LogP contribution in [0.4, 0.5) is 51.2 Å². The SMILES string of the molecule is c1ccc(N(c2ccc3c(c2)C2(c4cc(N(c5ccccc5)c5cccc6ccccc56)ccc4-3)c3ccccc3N3c4ccccc4Oc4cccc2c43)c2cccc3ccccc23)cc1. The van der Waals surface area contributed by atoms with E-state index in [4.69, 9.17) is 4.74 Å². The van der Waals surface area contributed by atoms with E-state index >= 15 is 0 Å². The molecule has 0 aromatic heterocycles. The lowest BCUT2D eigenvalue weighted by Gasteiger charge is -2.47. The van der Waals surface area contributed by atoms with Crippen LogP contribution in [-0.4, -0.2) is 0 Å². The molecule has 4 nitrogen and oxygen atoms in total. The number of anilines is 9. The summed E-state index contributed by atoms with van der Waals surface area (Å²) >= 11 is 0. The molecule has 0 radical (unpaired) electrons. The van der Waals surface area contributed by atoms with Crippen LogP contribution >= 0.6 is 0 Å². The predicted molar refractivity (Wildman–Crippen MR) is 276 cm³/mol. The molecule has 2 heterocycles. The fourth-order valence-electron chi connectivity index (χ4n) is 11.5. The van der Waals surface area contributed by atoms with Gasteiger partial charge in [-0.2, -0.15) is 0 Å². The molecule has 67 heavy (non-hydrogen) atoms. The van der Waals surface area contributed by atoms with Gasteiger partial charge in [-0.25, -0.2) is 0 Å². The lowest BCUT2D eigenvalue weighted by Crippen LogP contribution is -2.37. The molecule has 0 bridgehead atoms. The average molecular weight is 856 g/mol. The quantitative estimate of drug-likeness (QED) is 0.166. The molecule has 1 aliphatic carbocycles. The maximum Gasteiger partial charge on any atom is 0.151 e. The minimum Gasteiger partial charge on any atom is -0.453 e. The van der Waals surface area contributed by atoms with Crippen LogP contribution in [-0.2, 0) is 5.41 Å². The van der Waals surface area contributed by atoms with Crippen molar-refractivity contribution in [1.29, 1.82) is 0 Å². The number of para-hydroxylation sites is 6. The molecule has 4 heteroatoms. The molecule has 1 spiro atoms. The van der Waals surface area contributed by atoms with Crippen LogP contribution in [0.5, 0.6) is 11.5 Å². The van der Waals surface area contributed by atoms with E-state index in [2.05, 4.69) is 263 Å². The Morgan fingerprint density at radius 1 is 0.328 bits per heavy atom. The number of nitrogens with zero attached hydrogens (tertiary/aromatic N) is 3. The minimum absolute atomic E-state index is 0.757. The monoisotopic (exact) mass is 855 g/mol. The third-order valence-electron chi connectivity index (χ3n) is 14.2. The standard InChI is InChI=1S/C63H41N3O/c1-3-22-44(23-4-1)64(56-32-15-20-42-18-7-9-26-48(42)56)46-36-38-50-51-39-37-47(65(45-24-5-2-6-25-45)57-33-16-21-43-19-8-10-27-49(43)57)41-55(51)63(54(50)40-46)52-28-11-12-30-58(52)66-59-31-13-14-34-60(59)67-61-35-17-29-53(63)62(61)66/h1-41H. The Morgan fingerprint density at radius 2 is 0.791 bits per heavy atom. The Hall–Kier alpha value is -8.86. The summed E-state index contributed by atoms with van der Waals surface area (Å²) in [5.74, 6) is 1.69. The van der Waals surface area contributed by atoms with Crippen LogP contribution in [0, 0.1) is 0 Å². The molecular weight excluding hydrogens is 815 g/mol. The van der Waals surface area contributed by atoms with Crippen LogP contribution in [0.2, 0.25) is 0 Å². The number of hydrogen-bond donors (Lipinski definition) is 0. The molecule has 0 unspecified atom stereocenters. The maximum absolute atomic E-state index is 6.90. The third-order valence-corrected chi connectivity index (χ3v) is 14.2. The maximum atomic E-state index is 6.90. The van der Waals surface area contributed by atoms with Crippen molar-refractivity contribution in [3.05, 3.63) is 271 Å². The zero-order valence-corrected chi connectivity index (χ0v) is 36.4. The van der Waals surface area contributed by atoms with Crippen molar-refractivity contribution in [2.75, 3.05) is 14.7 Å². The van der Waals surface area contributed by atoms with Gasteiger partial charge in [-0.1, -0.05) is 164 Å².